The van der Waals surface area contributed by atoms with E-state index in [1.807, 2.05) is 0 Å². The largest absolute Gasteiger partial charge is 0.333 e. The molecule has 2 rings (SSSR count). The second-order valence-corrected chi connectivity index (χ2v) is 5.70. The summed E-state index contributed by atoms with van der Waals surface area (Å²) in [6.45, 7) is 4.27. The molecule has 2 nitrogen and oxygen atoms in total. The number of halogens is 2. The van der Waals surface area contributed by atoms with Crippen LogP contribution in [0.25, 0.3) is 0 Å². The van der Waals surface area contributed by atoms with Gasteiger partial charge >= 0.3 is 0 Å². The lowest BCUT2D eigenvalue weighted by atomic mass is 10.1. The molecule has 0 radical (unpaired) electrons. The third kappa shape index (κ3) is 2.93. The van der Waals surface area contributed by atoms with E-state index >= 15 is 0 Å². The van der Waals surface area contributed by atoms with Crippen molar-refractivity contribution in [2.24, 2.45) is 10.9 Å². The first kappa shape index (κ1) is 12.7. The van der Waals surface area contributed by atoms with Gasteiger partial charge in [0.05, 0.1) is 16.8 Å². The third-order valence-electron chi connectivity index (χ3n) is 2.64. The zero-order chi connectivity index (χ0) is 12.4. The minimum absolute atomic E-state index is 0.124. The predicted molar refractivity (Wildman–Crippen MR) is 73.6 cm³/mol. The van der Waals surface area contributed by atoms with Gasteiger partial charge < -0.3 is 5.32 Å². The molecular formula is C12H14ClFN2S. The fourth-order valence-corrected chi connectivity index (χ4v) is 2.87. The van der Waals surface area contributed by atoms with Crippen molar-refractivity contribution in [2.45, 2.75) is 19.9 Å². The number of benzene rings is 1. The molecule has 0 unspecified atom stereocenters. The lowest BCUT2D eigenvalue weighted by molar-refractivity contribution is 0.543. The first-order chi connectivity index (χ1) is 8.08. The van der Waals surface area contributed by atoms with Crippen LogP contribution in [0.5, 0.6) is 0 Å². The summed E-state index contributed by atoms with van der Waals surface area (Å²) < 4.78 is 13.7. The maximum atomic E-state index is 13.7. The average molecular weight is 273 g/mol. The first-order valence-electron chi connectivity index (χ1n) is 5.49. The summed E-state index contributed by atoms with van der Waals surface area (Å²) >= 11 is 7.33. The van der Waals surface area contributed by atoms with Gasteiger partial charge in [0.25, 0.3) is 0 Å². The Morgan fingerprint density at radius 1 is 1.53 bits per heavy atom. The number of aliphatic imine (C=N–C) groups is 1. The van der Waals surface area contributed by atoms with Gasteiger partial charge in [0.2, 0.25) is 0 Å². The Labute approximate surface area is 110 Å². The standard InChI is InChI=1S/C12H14ClFN2S/c1-7(2)10-6-17-12(16-10)15-9-5-3-4-8(13)11(9)14/h3-5,7,10H,6H2,1-2H3,(H,15,16)/t10-/m1/s1. The second kappa shape index (κ2) is 5.27. The number of anilines is 1. The van der Waals surface area contributed by atoms with Crippen LogP contribution in [0, 0.1) is 11.7 Å². The summed E-state index contributed by atoms with van der Waals surface area (Å²) in [7, 11) is 0. The van der Waals surface area contributed by atoms with Gasteiger partial charge in [0, 0.05) is 5.75 Å². The predicted octanol–water partition coefficient (Wildman–Crippen LogP) is 4.02. The fourth-order valence-electron chi connectivity index (χ4n) is 1.51. The van der Waals surface area contributed by atoms with Crippen molar-refractivity contribution in [1.82, 2.24) is 0 Å². The molecule has 0 fully saturated rings. The van der Waals surface area contributed by atoms with Gasteiger partial charge in [-0.2, -0.15) is 0 Å². The highest BCUT2D eigenvalue weighted by molar-refractivity contribution is 8.14. The van der Waals surface area contributed by atoms with Gasteiger partial charge in [0.15, 0.2) is 11.0 Å². The molecule has 0 spiro atoms. The molecule has 0 bridgehead atoms. The van der Waals surface area contributed by atoms with Gasteiger partial charge in [0.1, 0.15) is 0 Å². The molecule has 1 atom stereocenters. The Morgan fingerprint density at radius 3 is 2.94 bits per heavy atom. The summed E-state index contributed by atoms with van der Waals surface area (Å²) in [5.41, 5.74) is 0.383. The van der Waals surface area contributed by atoms with Gasteiger partial charge in [-0.3, -0.25) is 4.99 Å². The smallest absolute Gasteiger partial charge is 0.165 e. The van der Waals surface area contributed by atoms with Gasteiger partial charge in [-0.25, -0.2) is 4.39 Å². The summed E-state index contributed by atoms with van der Waals surface area (Å²) in [5, 5.41) is 3.88. The summed E-state index contributed by atoms with van der Waals surface area (Å²) in [5.74, 6) is 1.03. The van der Waals surface area contributed by atoms with Crippen LogP contribution in [0.4, 0.5) is 10.1 Å². The van der Waals surface area contributed by atoms with Crippen molar-refractivity contribution in [3.63, 3.8) is 0 Å². The molecule has 92 valence electrons. The zero-order valence-electron chi connectivity index (χ0n) is 9.71. The Balaban J connectivity index is 2.12. The van der Waals surface area contributed by atoms with E-state index in [0.29, 0.717) is 17.6 Å². The molecule has 17 heavy (non-hydrogen) atoms. The third-order valence-corrected chi connectivity index (χ3v) is 3.92. The van der Waals surface area contributed by atoms with Gasteiger partial charge in [-0.05, 0) is 18.1 Å². The maximum absolute atomic E-state index is 13.7. The zero-order valence-corrected chi connectivity index (χ0v) is 11.3. The Morgan fingerprint density at radius 2 is 2.29 bits per heavy atom. The summed E-state index contributed by atoms with van der Waals surface area (Å²) in [6, 6.07) is 5.22. The van der Waals surface area contributed by atoms with E-state index in [2.05, 4.69) is 24.2 Å². The SMILES string of the molecule is CC(C)[C@H]1CSC(Nc2cccc(Cl)c2F)=N1. The van der Waals surface area contributed by atoms with E-state index in [4.69, 9.17) is 11.6 Å². The van der Waals surface area contributed by atoms with Crippen LogP contribution in [0.15, 0.2) is 23.2 Å². The normalized spacial score (nSPS) is 19.6. The van der Waals surface area contributed by atoms with Crippen molar-refractivity contribution in [1.29, 1.82) is 0 Å². The van der Waals surface area contributed by atoms with Crippen molar-refractivity contribution in [3.05, 3.63) is 29.0 Å². The van der Waals surface area contributed by atoms with E-state index in [1.165, 1.54) is 6.07 Å². The number of nitrogens with zero attached hydrogens (tertiary/aromatic N) is 1. The van der Waals surface area contributed by atoms with Gasteiger partial charge in [-0.15, -0.1) is 0 Å². The van der Waals surface area contributed by atoms with Crippen LogP contribution in [-0.2, 0) is 0 Å². The second-order valence-electron chi connectivity index (χ2n) is 4.28. The molecule has 1 aliphatic heterocycles. The van der Waals surface area contributed by atoms with E-state index in [-0.39, 0.29) is 5.02 Å². The van der Waals surface area contributed by atoms with E-state index in [1.54, 1.807) is 23.9 Å². The molecule has 1 aliphatic rings. The lowest BCUT2D eigenvalue weighted by Gasteiger charge is -2.08. The summed E-state index contributed by atoms with van der Waals surface area (Å²) in [4.78, 5) is 4.51. The number of thioether (sulfide) groups is 1. The Kier molecular flexibility index (Phi) is 3.94. The minimum atomic E-state index is -0.425. The number of amidine groups is 1. The van der Waals surface area contributed by atoms with Crippen molar-refractivity contribution in [2.75, 3.05) is 11.1 Å². The molecule has 1 aromatic rings. The van der Waals surface area contributed by atoms with E-state index < -0.39 is 5.82 Å². The molecule has 0 saturated carbocycles. The highest BCUT2D eigenvalue weighted by Gasteiger charge is 2.21. The topological polar surface area (TPSA) is 24.4 Å². The van der Waals surface area contributed by atoms with E-state index in [0.717, 1.165) is 10.9 Å². The number of hydrogen-bond donors (Lipinski definition) is 1. The molecule has 0 saturated heterocycles. The number of nitrogens with one attached hydrogen (secondary N) is 1. The quantitative estimate of drug-likeness (QED) is 0.879. The Bertz CT molecular complexity index is 448. The van der Waals surface area contributed by atoms with E-state index in [9.17, 15) is 4.39 Å². The van der Waals surface area contributed by atoms with Crippen molar-refractivity contribution >= 4 is 34.2 Å². The number of hydrogen-bond acceptors (Lipinski definition) is 3. The molecule has 1 N–H and O–H groups in total. The van der Waals surface area contributed by atoms with Crippen molar-refractivity contribution < 1.29 is 4.39 Å². The molecule has 1 heterocycles. The van der Waals surface area contributed by atoms with Crippen molar-refractivity contribution in [3.8, 4) is 0 Å². The highest BCUT2D eigenvalue weighted by atomic mass is 35.5. The minimum Gasteiger partial charge on any atom is -0.333 e. The van der Waals surface area contributed by atoms with Gasteiger partial charge in [-0.1, -0.05) is 43.3 Å². The Hall–Kier alpha value is -0.740. The van der Waals surface area contributed by atoms with Crippen LogP contribution in [0.1, 0.15) is 13.8 Å². The highest BCUT2D eigenvalue weighted by Crippen LogP contribution is 2.27. The van der Waals surface area contributed by atoms with Crippen LogP contribution >= 0.6 is 23.4 Å². The average Bonchev–Trinajstić information content (AvgIpc) is 2.73. The van der Waals surface area contributed by atoms with Crippen LogP contribution < -0.4 is 5.32 Å². The van der Waals surface area contributed by atoms with Crippen LogP contribution in [0.2, 0.25) is 5.02 Å². The van der Waals surface area contributed by atoms with Crippen LogP contribution in [0.3, 0.4) is 0 Å². The molecule has 0 amide bonds. The maximum Gasteiger partial charge on any atom is 0.165 e. The molecule has 1 aromatic carbocycles. The lowest BCUT2D eigenvalue weighted by Crippen LogP contribution is -2.12. The fraction of sp³-hybridized carbons (Fsp3) is 0.417. The molecule has 5 heteroatoms. The monoisotopic (exact) mass is 272 g/mol. The number of rotatable bonds is 2. The summed E-state index contributed by atoms with van der Waals surface area (Å²) in [6.07, 6.45) is 0. The molecule has 0 aliphatic carbocycles. The van der Waals surface area contributed by atoms with Crippen LogP contribution in [-0.4, -0.2) is 17.0 Å². The molecule has 0 aromatic heterocycles. The molecular weight excluding hydrogens is 259 g/mol. The first-order valence-corrected chi connectivity index (χ1v) is 6.86.